The van der Waals surface area contributed by atoms with Crippen molar-refractivity contribution >= 4 is 17.4 Å². The molecule has 1 N–H and O–H groups in total. The van der Waals surface area contributed by atoms with Gasteiger partial charge in [0.2, 0.25) is 5.91 Å². The lowest BCUT2D eigenvalue weighted by atomic mass is 9.87. The Morgan fingerprint density at radius 1 is 1.10 bits per heavy atom. The number of halogens is 5. The molecule has 5 rings (SSSR count). The maximum Gasteiger partial charge on any atom is 0.433 e. The maximum atomic E-state index is 13.2. The summed E-state index contributed by atoms with van der Waals surface area (Å²) in [7, 11) is 0. The molecule has 3 fully saturated rings. The number of nitrogens with one attached hydrogen (secondary N) is 1. The number of rotatable bonds is 4. The molecule has 1 aromatic heterocycles. The third-order valence-electron chi connectivity index (χ3n) is 5.14. The predicted molar refractivity (Wildman–Crippen MR) is 93.1 cm³/mol. The minimum atomic E-state index is -4.54. The quantitative estimate of drug-likeness (QED) is 0.782. The molecule has 1 aromatic carbocycles. The van der Waals surface area contributed by atoms with E-state index in [1.807, 2.05) is 4.90 Å². The molecule has 4 heterocycles. The van der Waals surface area contributed by atoms with Gasteiger partial charge in [-0.25, -0.2) is 18.7 Å². The van der Waals surface area contributed by atoms with E-state index >= 15 is 0 Å². The van der Waals surface area contributed by atoms with Gasteiger partial charge < -0.3 is 10.2 Å². The van der Waals surface area contributed by atoms with E-state index in [0.29, 0.717) is 13.1 Å². The lowest BCUT2D eigenvalue weighted by Gasteiger charge is -2.56. The van der Waals surface area contributed by atoms with E-state index in [4.69, 9.17) is 0 Å². The normalized spacial score (nSPS) is 21.6. The molecular formula is C18H16F5N5O. The molecule has 0 aliphatic carbocycles. The number of fused-ring (bicyclic) bond motifs is 2. The zero-order valence-electron chi connectivity index (χ0n) is 15.0. The van der Waals surface area contributed by atoms with Crippen LogP contribution in [0, 0.1) is 11.6 Å². The van der Waals surface area contributed by atoms with Gasteiger partial charge in [0.05, 0.1) is 6.54 Å². The van der Waals surface area contributed by atoms with Gasteiger partial charge in [0.25, 0.3) is 0 Å². The Labute approximate surface area is 162 Å². The molecule has 0 saturated carbocycles. The van der Waals surface area contributed by atoms with Crippen molar-refractivity contribution < 1.29 is 26.7 Å². The van der Waals surface area contributed by atoms with Crippen LogP contribution in [0.25, 0.3) is 0 Å². The smallest absolute Gasteiger partial charge is 0.353 e. The fourth-order valence-electron chi connectivity index (χ4n) is 3.75. The fraction of sp³-hybridized carbons (Fsp3) is 0.389. The van der Waals surface area contributed by atoms with Gasteiger partial charge in [-0.15, -0.1) is 0 Å². The highest BCUT2D eigenvalue weighted by Crippen LogP contribution is 2.35. The molecular weight excluding hydrogens is 397 g/mol. The van der Waals surface area contributed by atoms with E-state index in [1.54, 1.807) is 4.90 Å². The number of piperazine rings is 1. The van der Waals surface area contributed by atoms with E-state index in [9.17, 15) is 26.7 Å². The van der Waals surface area contributed by atoms with Gasteiger partial charge in [0.1, 0.15) is 17.8 Å². The molecule has 11 heteroatoms. The summed E-state index contributed by atoms with van der Waals surface area (Å²) in [4.78, 5) is 23.1. The van der Waals surface area contributed by atoms with Crippen molar-refractivity contribution in [3.63, 3.8) is 0 Å². The van der Waals surface area contributed by atoms with Crippen molar-refractivity contribution in [3.8, 4) is 0 Å². The highest BCUT2D eigenvalue weighted by molar-refractivity contribution is 5.92. The predicted octanol–water partition coefficient (Wildman–Crippen LogP) is 2.68. The SMILES string of the molecule is O=C(CN1C2CC1CN(c1cc(C(F)(F)F)ncn1)C2)Nc1ccc(F)c(F)c1. The van der Waals surface area contributed by atoms with Gasteiger partial charge in [-0.1, -0.05) is 0 Å². The molecule has 0 radical (unpaired) electrons. The molecule has 1 amide bonds. The molecule has 3 aliphatic heterocycles. The minimum absolute atomic E-state index is 0.00578. The second kappa shape index (κ2) is 7.21. The molecule has 3 saturated heterocycles. The Morgan fingerprint density at radius 3 is 2.48 bits per heavy atom. The van der Waals surface area contributed by atoms with E-state index in [0.717, 1.165) is 30.9 Å². The maximum absolute atomic E-state index is 13.2. The highest BCUT2D eigenvalue weighted by Gasteiger charge is 2.46. The second-order valence-corrected chi connectivity index (χ2v) is 7.06. The molecule has 154 valence electrons. The van der Waals surface area contributed by atoms with Crippen molar-refractivity contribution in [2.75, 3.05) is 29.9 Å². The molecule has 6 nitrogen and oxygen atoms in total. The Kier molecular flexibility index (Phi) is 4.85. The largest absolute Gasteiger partial charge is 0.433 e. The van der Waals surface area contributed by atoms with Crippen molar-refractivity contribution in [3.05, 3.63) is 47.9 Å². The topological polar surface area (TPSA) is 61.4 Å². The number of carbonyl (C=O) groups is 1. The van der Waals surface area contributed by atoms with Crippen LogP contribution in [0.4, 0.5) is 33.5 Å². The van der Waals surface area contributed by atoms with Crippen LogP contribution in [0.5, 0.6) is 0 Å². The number of nitrogens with zero attached hydrogens (tertiary/aromatic N) is 4. The highest BCUT2D eigenvalue weighted by atomic mass is 19.4. The number of benzene rings is 1. The Morgan fingerprint density at radius 2 is 1.83 bits per heavy atom. The first-order valence-corrected chi connectivity index (χ1v) is 8.85. The first-order chi connectivity index (χ1) is 13.7. The molecule has 2 bridgehead atoms. The molecule has 0 spiro atoms. The van der Waals surface area contributed by atoms with Crippen molar-refractivity contribution in [1.82, 2.24) is 14.9 Å². The number of aromatic nitrogens is 2. The molecule has 2 unspecified atom stereocenters. The summed E-state index contributed by atoms with van der Waals surface area (Å²) in [5.74, 6) is -2.23. The first-order valence-electron chi connectivity index (χ1n) is 8.85. The monoisotopic (exact) mass is 413 g/mol. The summed E-state index contributed by atoms with van der Waals surface area (Å²) in [5.41, 5.74) is -0.841. The number of piperidine rings is 1. The third kappa shape index (κ3) is 4.00. The zero-order valence-corrected chi connectivity index (χ0v) is 15.0. The lowest BCUT2D eigenvalue weighted by Crippen LogP contribution is -2.69. The molecule has 3 aliphatic rings. The van der Waals surface area contributed by atoms with E-state index in [2.05, 4.69) is 15.3 Å². The van der Waals surface area contributed by atoms with Gasteiger partial charge in [-0.2, -0.15) is 13.2 Å². The van der Waals surface area contributed by atoms with Crippen LogP contribution in [0.2, 0.25) is 0 Å². The second-order valence-electron chi connectivity index (χ2n) is 7.06. The van der Waals surface area contributed by atoms with Gasteiger partial charge in [-0.05, 0) is 18.6 Å². The number of amides is 1. The fourth-order valence-corrected chi connectivity index (χ4v) is 3.75. The molecule has 2 atom stereocenters. The van der Waals surface area contributed by atoms with Crippen molar-refractivity contribution in [1.29, 1.82) is 0 Å². The van der Waals surface area contributed by atoms with Gasteiger partial charge in [-0.3, -0.25) is 9.69 Å². The average Bonchev–Trinajstić information content (AvgIpc) is 2.68. The minimum Gasteiger partial charge on any atom is -0.353 e. The van der Waals surface area contributed by atoms with Crippen LogP contribution in [0.15, 0.2) is 30.6 Å². The summed E-state index contributed by atoms with van der Waals surface area (Å²) in [6.45, 7) is 0.923. The van der Waals surface area contributed by atoms with Gasteiger partial charge in [0, 0.05) is 43.0 Å². The van der Waals surface area contributed by atoms with Crippen molar-refractivity contribution in [2.45, 2.75) is 24.7 Å². The number of hydrogen-bond acceptors (Lipinski definition) is 5. The lowest BCUT2D eigenvalue weighted by molar-refractivity contribution is -0.141. The Hall–Kier alpha value is -2.82. The van der Waals surface area contributed by atoms with Crippen LogP contribution in [0.3, 0.4) is 0 Å². The van der Waals surface area contributed by atoms with Crippen LogP contribution < -0.4 is 10.2 Å². The summed E-state index contributed by atoms with van der Waals surface area (Å²) in [6.07, 6.45) is -2.82. The third-order valence-corrected chi connectivity index (χ3v) is 5.14. The van der Waals surface area contributed by atoms with E-state index in [-0.39, 0.29) is 36.0 Å². The van der Waals surface area contributed by atoms with E-state index in [1.165, 1.54) is 6.07 Å². The summed E-state index contributed by atoms with van der Waals surface area (Å²) in [5, 5.41) is 2.52. The van der Waals surface area contributed by atoms with Gasteiger partial charge >= 0.3 is 6.18 Å². The van der Waals surface area contributed by atoms with Crippen LogP contribution in [0.1, 0.15) is 12.1 Å². The van der Waals surface area contributed by atoms with Crippen LogP contribution >= 0.6 is 0 Å². The van der Waals surface area contributed by atoms with Gasteiger partial charge in [0.15, 0.2) is 11.6 Å². The van der Waals surface area contributed by atoms with Crippen LogP contribution in [-0.2, 0) is 11.0 Å². The first kappa shape index (κ1) is 19.5. The van der Waals surface area contributed by atoms with Crippen LogP contribution in [-0.4, -0.2) is 52.5 Å². The zero-order chi connectivity index (χ0) is 20.8. The molecule has 2 aromatic rings. The summed E-state index contributed by atoms with van der Waals surface area (Å²) >= 11 is 0. The Balaban J connectivity index is 1.36. The number of alkyl halides is 3. The summed E-state index contributed by atoms with van der Waals surface area (Å²) < 4.78 is 64.7. The standard InChI is InChI=1S/C18H16F5N5O/c19-13-2-1-10(3-14(13)20)26-17(29)8-28-11-4-12(28)7-27(6-11)16-5-15(18(21,22)23)24-9-25-16/h1-3,5,9,11-12H,4,6-8H2,(H,26,29). The number of carbonyl (C=O) groups excluding carboxylic acids is 1. The number of hydrogen-bond donors (Lipinski definition) is 1. The van der Waals surface area contributed by atoms with Crippen molar-refractivity contribution in [2.24, 2.45) is 0 Å². The van der Waals surface area contributed by atoms with E-state index < -0.39 is 23.5 Å². The number of anilines is 2. The molecule has 29 heavy (non-hydrogen) atoms. The average molecular weight is 413 g/mol. The summed E-state index contributed by atoms with van der Waals surface area (Å²) in [6, 6.07) is 4.01. The Bertz CT molecular complexity index is 925.